The molecule has 1 heterocycles. The lowest BCUT2D eigenvalue weighted by molar-refractivity contribution is -0.929. The average Bonchev–Trinajstić information content (AvgIpc) is 2.66. The molecule has 1 aliphatic heterocycles. The second-order valence-corrected chi connectivity index (χ2v) is 8.32. The summed E-state index contributed by atoms with van der Waals surface area (Å²) in [7, 11) is 4.54. The van der Waals surface area contributed by atoms with Crippen LogP contribution in [0.15, 0.2) is 42.5 Å². The Labute approximate surface area is 170 Å². The zero-order chi connectivity index (χ0) is 19.4. The van der Waals surface area contributed by atoms with Crippen molar-refractivity contribution in [2.24, 2.45) is 0 Å². The number of anilines is 1. The molecule has 1 fully saturated rings. The molecule has 1 aliphatic rings. The van der Waals surface area contributed by atoms with Gasteiger partial charge in [-0.3, -0.25) is 4.79 Å². The van der Waals surface area contributed by atoms with Gasteiger partial charge in [0.25, 0.3) is 5.91 Å². The number of carbonyl (C=O) groups is 1. The van der Waals surface area contributed by atoms with E-state index in [0.29, 0.717) is 16.6 Å². The first-order chi connectivity index (χ1) is 12.9. The highest BCUT2D eigenvalue weighted by Gasteiger charge is 2.30. The minimum absolute atomic E-state index is 0.267. The number of nitrogens with one attached hydrogen (secondary N) is 1. The van der Waals surface area contributed by atoms with E-state index >= 15 is 0 Å². The number of halogens is 2. The summed E-state index contributed by atoms with van der Waals surface area (Å²) in [6.45, 7) is 2.64. The van der Waals surface area contributed by atoms with Crippen LogP contribution in [-0.4, -0.2) is 43.7 Å². The number of amides is 1. The number of rotatable bonds is 5. The van der Waals surface area contributed by atoms with Crippen LogP contribution in [0.1, 0.15) is 28.8 Å². The topological polar surface area (TPSA) is 38.3 Å². The van der Waals surface area contributed by atoms with E-state index in [1.807, 2.05) is 12.1 Å². The quantitative estimate of drug-likeness (QED) is 0.707. The maximum atomic E-state index is 12.4. The van der Waals surface area contributed by atoms with Crippen molar-refractivity contribution in [3.8, 4) is 0 Å². The summed E-state index contributed by atoms with van der Waals surface area (Å²) >= 11 is 12.1. The van der Waals surface area contributed by atoms with Gasteiger partial charge in [0.15, 0.2) is 0 Å². The van der Waals surface area contributed by atoms with Crippen LogP contribution >= 0.6 is 23.2 Å². The monoisotopic (exact) mass is 407 g/mol. The Bertz CT molecular complexity index is 800. The van der Waals surface area contributed by atoms with Gasteiger partial charge in [-0.2, -0.15) is 0 Å². The molecule has 0 atom stereocenters. The molecule has 0 saturated carbocycles. The summed E-state index contributed by atoms with van der Waals surface area (Å²) < 4.78 is 6.42. The molecule has 0 aromatic heterocycles. The number of benzene rings is 2. The lowest BCUT2D eigenvalue weighted by Gasteiger charge is -2.40. The van der Waals surface area contributed by atoms with E-state index < -0.39 is 0 Å². The maximum absolute atomic E-state index is 12.4. The van der Waals surface area contributed by atoms with Crippen molar-refractivity contribution in [2.75, 3.05) is 32.6 Å². The Hall–Kier alpha value is -1.59. The number of hydrogen-bond donors (Lipinski definition) is 1. The van der Waals surface area contributed by atoms with E-state index in [4.69, 9.17) is 27.9 Å². The summed E-state index contributed by atoms with van der Waals surface area (Å²) in [5.74, 6) is -0.270. The number of quaternary nitrogens is 1. The largest absolute Gasteiger partial charge is 0.381 e. The van der Waals surface area contributed by atoms with Crippen LogP contribution < -0.4 is 5.32 Å². The molecule has 144 valence electrons. The van der Waals surface area contributed by atoms with Gasteiger partial charge in [0, 0.05) is 24.1 Å². The molecule has 6 heteroatoms. The second kappa shape index (κ2) is 8.61. The van der Waals surface area contributed by atoms with Gasteiger partial charge >= 0.3 is 0 Å². The molecular weight excluding hydrogens is 383 g/mol. The van der Waals surface area contributed by atoms with Crippen LogP contribution in [0.5, 0.6) is 0 Å². The minimum Gasteiger partial charge on any atom is -0.381 e. The van der Waals surface area contributed by atoms with Crippen LogP contribution in [0.4, 0.5) is 5.69 Å². The summed E-state index contributed by atoms with van der Waals surface area (Å²) in [5.41, 5.74) is 2.34. The van der Waals surface area contributed by atoms with Crippen LogP contribution in [0.3, 0.4) is 0 Å². The Morgan fingerprint density at radius 2 is 1.78 bits per heavy atom. The summed E-state index contributed by atoms with van der Waals surface area (Å²) in [6.07, 6.45) is 2.20. The highest BCUT2D eigenvalue weighted by atomic mass is 35.5. The molecule has 0 unspecified atom stereocenters. The standard InChI is InChI=1S/C21H24Cl2N2O2/c1-25(2,17-10-12-27-13-11-17)14-15-6-8-16(9-7-15)24-21(26)18-4-3-5-19(22)20(18)23/h3-9,17H,10-14H2,1-2H3/p+1. The Morgan fingerprint density at radius 1 is 1.11 bits per heavy atom. The molecule has 27 heavy (non-hydrogen) atoms. The van der Waals surface area contributed by atoms with Gasteiger partial charge in [-0.25, -0.2) is 0 Å². The lowest BCUT2D eigenvalue weighted by atomic mass is 10.0. The first-order valence-electron chi connectivity index (χ1n) is 9.11. The Kier molecular flexibility index (Phi) is 6.43. The van der Waals surface area contributed by atoms with Crippen molar-refractivity contribution in [1.29, 1.82) is 0 Å². The third-order valence-corrected chi connectivity index (χ3v) is 6.00. The van der Waals surface area contributed by atoms with Crippen LogP contribution in [0, 0.1) is 0 Å². The average molecular weight is 408 g/mol. The molecule has 0 radical (unpaired) electrons. The predicted molar refractivity (Wildman–Crippen MR) is 111 cm³/mol. The summed E-state index contributed by atoms with van der Waals surface area (Å²) in [4.78, 5) is 12.4. The zero-order valence-electron chi connectivity index (χ0n) is 15.7. The van der Waals surface area contributed by atoms with Gasteiger partial charge in [0.1, 0.15) is 6.54 Å². The Morgan fingerprint density at radius 3 is 2.44 bits per heavy atom. The SMILES string of the molecule is C[N+](C)(Cc1ccc(NC(=O)c2cccc(Cl)c2Cl)cc1)C1CCOCC1. The highest BCUT2D eigenvalue weighted by molar-refractivity contribution is 6.44. The normalized spacial score (nSPS) is 15.6. The minimum atomic E-state index is -0.270. The van der Waals surface area contributed by atoms with Crippen LogP contribution in [0.2, 0.25) is 10.0 Å². The van der Waals surface area contributed by atoms with E-state index in [0.717, 1.165) is 42.8 Å². The molecule has 1 amide bonds. The van der Waals surface area contributed by atoms with Crippen LogP contribution in [0.25, 0.3) is 0 Å². The molecule has 0 spiro atoms. The number of carbonyl (C=O) groups excluding carboxylic acids is 1. The number of nitrogens with zero attached hydrogens (tertiary/aromatic N) is 1. The van der Waals surface area contributed by atoms with Gasteiger partial charge < -0.3 is 14.5 Å². The third kappa shape index (κ3) is 5.02. The van der Waals surface area contributed by atoms with Crippen molar-refractivity contribution in [2.45, 2.75) is 25.4 Å². The van der Waals surface area contributed by atoms with Crippen molar-refractivity contribution in [3.05, 3.63) is 63.6 Å². The molecule has 0 aliphatic carbocycles. The Balaban J connectivity index is 1.64. The third-order valence-electron chi connectivity index (χ3n) is 5.18. The number of ether oxygens (including phenoxy) is 1. The van der Waals surface area contributed by atoms with E-state index in [1.54, 1.807) is 18.2 Å². The van der Waals surface area contributed by atoms with Gasteiger partial charge in [0.05, 0.1) is 49.0 Å². The molecule has 2 aromatic rings. The van der Waals surface area contributed by atoms with Crippen molar-refractivity contribution in [1.82, 2.24) is 0 Å². The van der Waals surface area contributed by atoms with Gasteiger partial charge in [-0.1, -0.05) is 41.4 Å². The molecule has 0 bridgehead atoms. The fourth-order valence-electron chi connectivity index (χ4n) is 3.55. The molecule has 1 saturated heterocycles. The van der Waals surface area contributed by atoms with Crippen molar-refractivity contribution >= 4 is 34.8 Å². The van der Waals surface area contributed by atoms with E-state index in [2.05, 4.69) is 31.5 Å². The van der Waals surface area contributed by atoms with Gasteiger partial charge in [-0.15, -0.1) is 0 Å². The van der Waals surface area contributed by atoms with E-state index in [9.17, 15) is 4.79 Å². The van der Waals surface area contributed by atoms with Crippen LogP contribution in [-0.2, 0) is 11.3 Å². The first kappa shape index (κ1) is 20.2. The second-order valence-electron chi connectivity index (χ2n) is 7.53. The molecule has 3 rings (SSSR count). The van der Waals surface area contributed by atoms with Gasteiger partial charge in [0.2, 0.25) is 0 Å². The smallest absolute Gasteiger partial charge is 0.257 e. The fourth-order valence-corrected chi connectivity index (χ4v) is 3.94. The maximum Gasteiger partial charge on any atom is 0.257 e. The lowest BCUT2D eigenvalue weighted by Crippen LogP contribution is -2.50. The molecular formula is C21H25Cl2N2O2+. The predicted octanol–water partition coefficient (Wildman–Crippen LogP) is 5.00. The van der Waals surface area contributed by atoms with Gasteiger partial charge in [-0.05, 0) is 24.3 Å². The van der Waals surface area contributed by atoms with Crippen molar-refractivity contribution < 1.29 is 14.0 Å². The summed E-state index contributed by atoms with van der Waals surface area (Å²) in [6, 6.07) is 13.6. The summed E-state index contributed by atoms with van der Waals surface area (Å²) in [5, 5.41) is 3.51. The fraction of sp³-hybridized carbons (Fsp3) is 0.381. The molecule has 4 nitrogen and oxygen atoms in total. The molecule has 2 aromatic carbocycles. The number of hydrogen-bond acceptors (Lipinski definition) is 2. The van der Waals surface area contributed by atoms with E-state index in [1.165, 1.54) is 5.56 Å². The van der Waals surface area contributed by atoms with E-state index in [-0.39, 0.29) is 10.9 Å². The zero-order valence-corrected chi connectivity index (χ0v) is 17.2. The first-order valence-corrected chi connectivity index (χ1v) is 9.87. The van der Waals surface area contributed by atoms with Crippen molar-refractivity contribution in [3.63, 3.8) is 0 Å². The molecule has 1 N–H and O–H groups in total. The highest BCUT2D eigenvalue weighted by Crippen LogP contribution is 2.27.